The SMILES string of the molecule is CC1OCC1O.CN(CC(=O)NC(C)(C)C)c1nc(-c2cc(F)ccn2)nc2c1CCC2.C[C@@H]1OC[C@@H]1Oc1ccnc(-c2nc3c(c(N(C)CC(=O)NC(C)(C)C)n2)CCC3)c1.C[C@H]1OC[C@@H]1Oc1ccnc(-c2nc3c(c(N(C)CC(=O)NC(C)(C)C)n2)CCC3)c1. The highest BCUT2D eigenvalue weighted by Crippen LogP contribution is 2.35. The van der Waals surface area contributed by atoms with Gasteiger partial charge in [0.2, 0.25) is 17.7 Å². The third-order valence-electron chi connectivity index (χ3n) is 16.1. The molecular formula is C69H94FN15O9. The van der Waals surface area contributed by atoms with Crippen LogP contribution < -0.4 is 40.1 Å². The van der Waals surface area contributed by atoms with Crippen molar-refractivity contribution in [3.05, 3.63) is 94.6 Å². The molecule has 94 heavy (non-hydrogen) atoms. The number of aliphatic hydroxyl groups excluding tert-OH is 1. The number of hydrogen-bond donors (Lipinski definition) is 4. The van der Waals surface area contributed by atoms with Crippen LogP contribution in [0.25, 0.3) is 34.6 Å². The number of fused-ring (bicyclic) bond motifs is 3. The number of carbonyl (C=O) groups is 3. The van der Waals surface area contributed by atoms with Crippen molar-refractivity contribution in [2.75, 3.05) is 75.3 Å². The third-order valence-corrected chi connectivity index (χ3v) is 16.1. The van der Waals surface area contributed by atoms with E-state index >= 15 is 0 Å². The molecule has 12 rings (SSSR count). The maximum Gasteiger partial charge on any atom is 0.239 e. The van der Waals surface area contributed by atoms with E-state index < -0.39 is 0 Å². The molecule has 0 radical (unpaired) electrons. The second-order valence-corrected chi connectivity index (χ2v) is 28.0. The highest BCUT2D eigenvalue weighted by Gasteiger charge is 2.33. The van der Waals surface area contributed by atoms with Gasteiger partial charge < -0.3 is 59.4 Å². The number of aliphatic hydroxyl groups is 1. The third kappa shape index (κ3) is 19.1. The van der Waals surface area contributed by atoms with Crippen molar-refractivity contribution in [1.29, 1.82) is 0 Å². The average molecular weight is 1300 g/mol. The summed E-state index contributed by atoms with van der Waals surface area (Å²) in [6.45, 7) is 25.9. The molecule has 3 aliphatic heterocycles. The van der Waals surface area contributed by atoms with Crippen molar-refractivity contribution in [2.45, 2.75) is 194 Å². The number of nitrogens with one attached hydrogen (secondary N) is 3. The molecule has 0 aromatic carbocycles. The first-order valence-corrected chi connectivity index (χ1v) is 32.6. The minimum Gasteiger partial charge on any atom is -0.485 e. The lowest BCUT2D eigenvalue weighted by atomic mass is 10.1. The Morgan fingerprint density at radius 3 is 1.09 bits per heavy atom. The Morgan fingerprint density at radius 1 is 0.500 bits per heavy atom. The highest BCUT2D eigenvalue weighted by atomic mass is 19.1. The normalized spacial score (nSPS) is 19.8. The van der Waals surface area contributed by atoms with Crippen molar-refractivity contribution < 1.29 is 47.6 Å². The van der Waals surface area contributed by atoms with Crippen LogP contribution in [-0.2, 0) is 67.1 Å². The van der Waals surface area contributed by atoms with Gasteiger partial charge >= 0.3 is 0 Å². The molecule has 9 heterocycles. The lowest BCUT2D eigenvalue weighted by molar-refractivity contribution is -0.152. The van der Waals surface area contributed by atoms with Gasteiger partial charge in [-0.15, -0.1) is 0 Å². The fourth-order valence-corrected chi connectivity index (χ4v) is 11.2. The molecule has 0 bridgehead atoms. The molecule has 3 fully saturated rings. The first kappa shape index (κ1) is 70.2. The summed E-state index contributed by atoms with van der Waals surface area (Å²) in [7, 11) is 5.64. The zero-order valence-corrected chi connectivity index (χ0v) is 57.2. The van der Waals surface area contributed by atoms with Crippen molar-refractivity contribution in [3.63, 3.8) is 0 Å². The van der Waals surface area contributed by atoms with E-state index in [1.807, 2.05) is 143 Å². The van der Waals surface area contributed by atoms with Crippen LogP contribution in [0.3, 0.4) is 0 Å². The smallest absolute Gasteiger partial charge is 0.239 e. The second-order valence-electron chi connectivity index (χ2n) is 28.0. The van der Waals surface area contributed by atoms with E-state index in [9.17, 15) is 18.8 Å². The summed E-state index contributed by atoms with van der Waals surface area (Å²) in [5.41, 5.74) is 7.24. The van der Waals surface area contributed by atoms with Gasteiger partial charge in [0.1, 0.15) is 70.2 Å². The summed E-state index contributed by atoms with van der Waals surface area (Å²) in [6.07, 6.45) is 13.5. The topological polar surface area (TPSA) is 279 Å². The van der Waals surface area contributed by atoms with Crippen molar-refractivity contribution in [3.8, 4) is 46.1 Å². The largest absolute Gasteiger partial charge is 0.485 e. The number of carbonyl (C=O) groups excluding carboxylic acids is 3. The van der Waals surface area contributed by atoms with Crippen LogP contribution in [0, 0.1) is 5.82 Å². The number of aryl methyl sites for hydroxylation is 3. The van der Waals surface area contributed by atoms with Gasteiger partial charge in [-0.2, -0.15) is 0 Å². The first-order valence-electron chi connectivity index (χ1n) is 32.6. The summed E-state index contributed by atoms with van der Waals surface area (Å²) in [5, 5.41) is 17.6. The van der Waals surface area contributed by atoms with Gasteiger partial charge in [0, 0.05) is 108 Å². The number of rotatable bonds is 16. The van der Waals surface area contributed by atoms with Crippen molar-refractivity contribution in [2.24, 2.45) is 0 Å². The quantitative estimate of drug-likeness (QED) is 0.0736. The lowest BCUT2D eigenvalue weighted by Crippen LogP contribution is -2.46. The molecule has 3 aliphatic carbocycles. The Labute approximate surface area is 551 Å². The van der Waals surface area contributed by atoms with E-state index in [1.165, 1.54) is 18.3 Å². The average Bonchev–Trinajstić information content (AvgIpc) is 1.46. The van der Waals surface area contributed by atoms with E-state index in [4.69, 9.17) is 48.7 Å². The lowest BCUT2D eigenvalue weighted by Gasteiger charge is -2.34. The van der Waals surface area contributed by atoms with Crippen LogP contribution in [0.1, 0.15) is 136 Å². The van der Waals surface area contributed by atoms with E-state index in [0.29, 0.717) is 54.4 Å². The number of hydrogen-bond acceptors (Lipinski definition) is 21. The van der Waals surface area contributed by atoms with Gasteiger partial charge in [0.05, 0.1) is 57.8 Å². The molecule has 0 saturated carbocycles. The van der Waals surface area contributed by atoms with E-state index in [0.717, 1.165) is 121 Å². The molecule has 6 aromatic heterocycles. The maximum absolute atomic E-state index is 13.6. The number of halogens is 1. The minimum absolute atomic E-state index is 0.0349. The molecule has 6 atom stereocenters. The molecule has 4 N–H and O–H groups in total. The summed E-state index contributed by atoms with van der Waals surface area (Å²) in [5.74, 6) is 4.77. The zero-order valence-electron chi connectivity index (χ0n) is 57.2. The summed E-state index contributed by atoms with van der Waals surface area (Å²) < 4.78 is 41.1. The van der Waals surface area contributed by atoms with Crippen molar-refractivity contribution in [1.82, 2.24) is 60.8 Å². The molecular weight excluding hydrogens is 1200 g/mol. The van der Waals surface area contributed by atoms with Crippen LogP contribution in [0.2, 0.25) is 0 Å². The van der Waals surface area contributed by atoms with Gasteiger partial charge in [-0.1, -0.05) is 0 Å². The molecule has 0 spiro atoms. The Balaban J connectivity index is 0.000000159. The number of nitrogens with zero attached hydrogens (tertiary/aromatic N) is 12. The summed E-state index contributed by atoms with van der Waals surface area (Å²) in [4.78, 5) is 84.4. The first-order chi connectivity index (χ1) is 44.4. The van der Waals surface area contributed by atoms with Crippen LogP contribution >= 0.6 is 0 Å². The number of likely N-dealkylation sites (N-methyl/N-ethyl adjacent to an activating group) is 3. The van der Waals surface area contributed by atoms with Crippen molar-refractivity contribution >= 4 is 35.2 Å². The molecule has 25 heteroatoms. The van der Waals surface area contributed by atoms with E-state index in [-0.39, 0.29) is 96.4 Å². The maximum atomic E-state index is 13.6. The second kappa shape index (κ2) is 30.1. The van der Waals surface area contributed by atoms with Crippen LogP contribution in [0.5, 0.6) is 11.5 Å². The van der Waals surface area contributed by atoms with Gasteiger partial charge in [0.15, 0.2) is 17.5 Å². The Morgan fingerprint density at radius 2 is 0.819 bits per heavy atom. The fraction of sp³-hybridized carbons (Fsp3) is 0.565. The summed E-state index contributed by atoms with van der Waals surface area (Å²) in [6, 6.07) is 10.0. The van der Waals surface area contributed by atoms with Gasteiger partial charge in [0.25, 0.3) is 0 Å². The molecule has 24 nitrogen and oxygen atoms in total. The minimum atomic E-state index is -0.376. The fourth-order valence-electron chi connectivity index (χ4n) is 11.2. The van der Waals surface area contributed by atoms with Crippen LogP contribution in [0.4, 0.5) is 21.8 Å². The number of aromatic nitrogens is 9. The van der Waals surface area contributed by atoms with Crippen LogP contribution in [0.15, 0.2) is 55.0 Å². The number of ether oxygens (including phenoxy) is 5. The standard InChI is InChI=1S/2C23H31N5O3.C19H24FN5O.C4H8O2/c2*1-14-19(13-30-14)31-15-9-10-24-18(11-15)21-25-17-8-6-7-16(17)22(26-21)28(5)12-20(29)27-23(2,3)4;1-19(2,3)24-16(26)11-25(4)18-13-6-5-7-14(13)22-17(23-18)15-10-12(20)8-9-21-15;1-3-4(5)2-6-3/h2*9-11,14,19H,6-8,12-13H2,1-5H3,(H,27,29);8-10H,5-7,11H2,1-4H3,(H,24,26);3-5H,2H2,1H3/t14-,19+;14-,19-;;/m10../s1. The number of anilines is 3. The predicted octanol–water partition coefficient (Wildman–Crippen LogP) is 7.37. The highest BCUT2D eigenvalue weighted by molar-refractivity contribution is 5.83. The summed E-state index contributed by atoms with van der Waals surface area (Å²) >= 11 is 0. The Kier molecular flexibility index (Phi) is 22.5. The monoisotopic (exact) mass is 1300 g/mol. The molecule has 6 aliphatic rings. The number of amides is 3. The van der Waals surface area contributed by atoms with Gasteiger partial charge in [-0.25, -0.2) is 34.3 Å². The molecule has 3 amide bonds. The predicted molar refractivity (Wildman–Crippen MR) is 356 cm³/mol. The molecule has 6 aromatic rings. The molecule has 506 valence electrons. The van der Waals surface area contributed by atoms with Gasteiger partial charge in [-0.3, -0.25) is 29.3 Å². The molecule has 2 unspecified atom stereocenters. The Bertz CT molecular complexity index is 3490. The zero-order chi connectivity index (χ0) is 67.8. The number of pyridine rings is 3. The Hall–Kier alpha value is -8.13. The van der Waals surface area contributed by atoms with E-state index in [2.05, 4.69) is 40.9 Å². The van der Waals surface area contributed by atoms with Crippen LogP contribution in [-0.4, -0.2) is 182 Å². The van der Waals surface area contributed by atoms with E-state index in [1.54, 1.807) is 12.4 Å². The van der Waals surface area contributed by atoms with Gasteiger partial charge in [-0.05, 0) is 159 Å². The molecule has 3 saturated heterocycles.